The number of ether oxygens (including phenoxy) is 1. The Kier molecular flexibility index (Phi) is 5.21. The van der Waals surface area contributed by atoms with Crippen molar-refractivity contribution in [1.29, 1.82) is 0 Å². The Labute approximate surface area is 169 Å². The molecular formula is C18H26N6O4S. The van der Waals surface area contributed by atoms with E-state index in [2.05, 4.69) is 15.3 Å². The molecular weight excluding hydrogens is 396 g/mol. The van der Waals surface area contributed by atoms with E-state index >= 15 is 0 Å². The van der Waals surface area contributed by atoms with Crippen molar-refractivity contribution in [3.05, 3.63) is 22.1 Å². The largest absolute Gasteiger partial charge is 0.398 e. The molecule has 2 aromatic heterocycles. The fourth-order valence-electron chi connectivity index (χ4n) is 3.99. The second kappa shape index (κ2) is 7.54. The van der Waals surface area contributed by atoms with Crippen molar-refractivity contribution in [3.63, 3.8) is 0 Å². The van der Waals surface area contributed by atoms with Crippen LogP contribution >= 0.6 is 0 Å². The maximum absolute atomic E-state index is 12.9. The molecule has 1 unspecified atom stereocenters. The Balaban J connectivity index is 1.65. The summed E-state index contributed by atoms with van der Waals surface area (Å²) < 4.78 is 32.0. The zero-order valence-electron chi connectivity index (χ0n) is 16.6. The molecule has 158 valence electrons. The molecule has 1 atom stereocenters. The second-order valence-electron chi connectivity index (χ2n) is 7.74. The van der Waals surface area contributed by atoms with E-state index in [1.165, 1.54) is 10.6 Å². The van der Waals surface area contributed by atoms with E-state index in [0.29, 0.717) is 67.4 Å². The first-order valence-electron chi connectivity index (χ1n) is 9.72. The van der Waals surface area contributed by atoms with Gasteiger partial charge in [0.15, 0.2) is 5.65 Å². The van der Waals surface area contributed by atoms with Crippen LogP contribution in [0.2, 0.25) is 0 Å². The van der Waals surface area contributed by atoms with Crippen LogP contribution in [0, 0.1) is 6.92 Å². The number of hydrogen-bond acceptors (Lipinski definition) is 8. The van der Waals surface area contributed by atoms with Gasteiger partial charge in [0.05, 0.1) is 30.0 Å². The van der Waals surface area contributed by atoms with Crippen LogP contribution in [-0.2, 0) is 14.8 Å². The van der Waals surface area contributed by atoms with Gasteiger partial charge in [-0.1, -0.05) is 0 Å². The molecule has 0 aliphatic carbocycles. The quantitative estimate of drug-likeness (QED) is 0.727. The predicted octanol–water partition coefficient (Wildman–Crippen LogP) is 0.479. The minimum atomic E-state index is -3.17. The van der Waals surface area contributed by atoms with Crippen molar-refractivity contribution in [2.75, 3.05) is 43.6 Å². The van der Waals surface area contributed by atoms with Gasteiger partial charge in [0.25, 0.3) is 5.56 Å². The van der Waals surface area contributed by atoms with Gasteiger partial charge in [0, 0.05) is 37.5 Å². The van der Waals surface area contributed by atoms with Crippen LogP contribution in [0.1, 0.15) is 30.9 Å². The van der Waals surface area contributed by atoms with Crippen LogP contribution in [0.25, 0.3) is 11.0 Å². The highest BCUT2D eigenvalue weighted by Gasteiger charge is 2.27. The van der Waals surface area contributed by atoms with Gasteiger partial charge in [-0.15, -0.1) is 0 Å². The Bertz CT molecular complexity index is 1090. The van der Waals surface area contributed by atoms with Crippen molar-refractivity contribution in [3.8, 4) is 0 Å². The van der Waals surface area contributed by atoms with Gasteiger partial charge in [0.2, 0.25) is 16.0 Å². The third kappa shape index (κ3) is 3.81. The third-order valence-corrected chi connectivity index (χ3v) is 7.06. The summed E-state index contributed by atoms with van der Waals surface area (Å²) in [7, 11) is -3.17. The van der Waals surface area contributed by atoms with Gasteiger partial charge in [-0.05, 0) is 26.2 Å². The fourth-order valence-corrected chi connectivity index (χ4v) is 4.86. The average Bonchev–Trinajstić information content (AvgIpc) is 3.20. The van der Waals surface area contributed by atoms with Gasteiger partial charge in [-0.2, -0.15) is 4.98 Å². The Hall–Kier alpha value is -2.24. The molecule has 11 heteroatoms. The molecule has 0 saturated carbocycles. The lowest BCUT2D eigenvalue weighted by Crippen LogP contribution is -2.42. The number of nitrogens with one attached hydrogen (secondary N) is 1. The Morgan fingerprint density at radius 1 is 1.28 bits per heavy atom. The number of nitrogen functional groups attached to an aromatic ring is 1. The number of aromatic nitrogens is 3. The standard InChI is InChI=1S/C18H26N6O4S/c1-11-15(19)14-9-20-18(21-12-3-6-23(7-4-12)29(2,26)27)22-16(14)24(17(11)25)13-5-8-28-10-13/h9,12-13H,3-8,10,19H2,1-2H3,(H,20,21,22). The summed E-state index contributed by atoms with van der Waals surface area (Å²) in [6.07, 6.45) is 4.94. The summed E-state index contributed by atoms with van der Waals surface area (Å²) in [4.78, 5) is 21.9. The molecule has 2 fully saturated rings. The highest BCUT2D eigenvalue weighted by atomic mass is 32.2. The zero-order valence-corrected chi connectivity index (χ0v) is 17.4. The highest BCUT2D eigenvalue weighted by Crippen LogP contribution is 2.27. The molecule has 0 amide bonds. The zero-order chi connectivity index (χ0) is 20.8. The molecule has 29 heavy (non-hydrogen) atoms. The lowest BCUT2D eigenvalue weighted by atomic mass is 10.1. The summed E-state index contributed by atoms with van der Waals surface area (Å²) in [6.45, 7) is 3.71. The number of nitrogens with zero attached hydrogens (tertiary/aromatic N) is 4. The molecule has 0 aromatic carbocycles. The maximum Gasteiger partial charge on any atom is 0.257 e. The SMILES string of the molecule is Cc1c(N)c2cnc(NC3CCN(S(C)(=O)=O)CC3)nc2n(C2CCOC2)c1=O. The topological polar surface area (TPSA) is 132 Å². The molecule has 10 nitrogen and oxygen atoms in total. The molecule has 2 aliphatic rings. The predicted molar refractivity (Wildman–Crippen MR) is 110 cm³/mol. The number of piperidine rings is 1. The molecule has 2 saturated heterocycles. The van der Waals surface area contributed by atoms with Crippen molar-refractivity contribution in [2.45, 2.75) is 38.3 Å². The minimum absolute atomic E-state index is 0.0585. The monoisotopic (exact) mass is 422 g/mol. The first-order chi connectivity index (χ1) is 13.8. The summed E-state index contributed by atoms with van der Waals surface area (Å²) >= 11 is 0. The Morgan fingerprint density at radius 2 is 2.00 bits per heavy atom. The van der Waals surface area contributed by atoms with Crippen molar-refractivity contribution >= 4 is 32.7 Å². The number of sulfonamides is 1. The number of rotatable bonds is 4. The van der Waals surface area contributed by atoms with Crippen molar-refractivity contribution in [1.82, 2.24) is 18.8 Å². The molecule has 2 aliphatic heterocycles. The summed E-state index contributed by atoms with van der Waals surface area (Å²) in [5.41, 5.74) is 7.40. The van der Waals surface area contributed by atoms with E-state index in [9.17, 15) is 13.2 Å². The van der Waals surface area contributed by atoms with Crippen LogP contribution in [0.5, 0.6) is 0 Å². The van der Waals surface area contributed by atoms with E-state index in [0.717, 1.165) is 6.42 Å². The normalized spacial score (nSPS) is 21.7. The molecule has 4 rings (SSSR count). The smallest absolute Gasteiger partial charge is 0.257 e. The summed E-state index contributed by atoms with van der Waals surface area (Å²) in [5, 5.41) is 3.93. The van der Waals surface area contributed by atoms with Crippen LogP contribution in [0.3, 0.4) is 0 Å². The van der Waals surface area contributed by atoms with Crippen molar-refractivity contribution < 1.29 is 13.2 Å². The van der Waals surface area contributed by atoms with Gasteiger partial charge in [-0.25, -0.2) is 17.7 Å². The molecule has 0 bridgehead atoms. The number of pyridine rings is 1. The van der Waals surface area contributed by atoms with E-state index < -0.39 is 10.0 Å². The van der Waals surface area contributed by atoms with E-state index in [1.807, 2.05) is 0 Å². The number of anilines is 2. The Morgan fingerprint density at radius 3 is 2.62 bits per heavy atom. The summed E-state index contributed by atoms with van der Waals surface area (Å²) in [5.74, 6) is 0.408. The van der Waals surface area contributed by atoms with Gasteiger partial charge in [-0.3, -0.25) is 9.36 Å². The van der Waals surface area contributed by atoms with E-state index in [-0.39, 0.29) is 17.6 Å². The third-order valence-electron chi connectivity index (χ3n) is 5.76. The lowest BCUT2D eigenvalue weighted by Gasteiger charge is -2.30. The second-order valence-corrected chi connectivity index (χ2v) is 9.73. The average molecular weight is 423 g/mol. The minimum Gasteiger partial charge on any atom is -0.398 e. The maximum atomic E-state index is 12.9. The molecule has 0 radical (unpaired) electrons. The fraction of sp³-hybridized carbons (Fsp3) is 0.611. The van der Waals surface area contributed by atoms with Gasteiger partial charge in [0.1, 0.15) is 0 Å². The highest BCUT2D eigenvalue weighted by molar-refractivity contribution is 7.88. The van der Waals surface area contributed by atoms with E-state index in [4.69, 9.17) is 10.5 Å². The molecule has 4 heterocycles. The van der Waals surface area contributed by atoms with Crippen LogP contribution < -0.4 is 16.6 Å². The number of nitrogens with two attached hydrogens (primary N) is 1. The van der Waals surface area contributed by atoms with E-state index in [1.54, 1.807) is 17.7 Å². The number of fused-ring (bicyclic) bond motifs is 1. The molecule has 3 N–H and O–H groups in total. The summed E-state index contributed by atoms with van der Waals surface area (Å²) in [6, 6.07) is -0.0201. The van der Waals surface area contributed by atoms with Crippen molar-refractivity contribution in [2.24, 2.45) is 0 Å². The first kappa shape index (κ1) is 20.0. The van der Waals surface area contributed by atoms with Crippen LogP contribution in [0.4, 0.5) is 11.6 Å². The van der Waals surface area contributed by atoms with Crippen LogP contribution in [-0.4, -0.2) is 65.9 Å². The lowest BCUT2D eigenvalue weighted by molar-refractivity contribution is 0.186. The molecule has 0 spiro atoms. The van der Waals surface area contributed by atoms with Gasteiger partial charge < -0.3 is 15.8 Å². The number of hydrogen-bond donors (Lipinski definition) is 2. The first-order valence-corrected chi connectivity index (χ1v) is 11.6. The molecule has 2 aromatic rings. The van der Waals surface area contributed by atoms with Crippen LogP contribution in [0.15, 0.2) is 11.0 Å². The van der Waals surface area contributed by atoms with Gasteiger partial charge >= 0.3 is 0 Å².